The van der Waals surface area contributed by atoms with Crippen LogP contribution in [-0.4, -0.2) is 30.8 Å². The average molecular weight is 331 g/mol. The second-order valence-corrected chi connectivity index (χ2v) is 5.89. The number of nitrogens with one attached hydrogen (secondary N) is 1. The van der Waals surface area contributed by atoms with Crippen molar-refractivity contribution in [3.05, 3.63) is 64.7 Å². The predicted molar refractivity (Wildman–Crippen MR) is 92.9 cm³/mol. The van der Waals surface area contributed by atoms with Gasteiger partial charge in [0.05, 0.1) is 0 Å². The number of benzene rings is 2. The zero-order chi connectivity index (χ0) is 16.8. The maximum Gasteiger partial charge on any atom is 0.255 e. The SMILES string of the molecule is CN(C)C(=O)CCc1cccc(NC(=O)c2cccc(Cl)c2)c1. The van der Waals surface area contributed by atoms with Crippen molar-refractivity contribution >= 4 is 29.1 Å². The second-order valence-electron chi connectivity index (χ2n) is 5.45. The molecule has 0 spiro atoms. The lowest BCUT2D eigenvalue weighted by Crippen LogP contribution is -2.21. The molecule has 0 saturated carbocycles. The molecule has 23 heavy (non-hydrogen) atoms. The summed E-state index contributed by atoms with van der Waals surface area (Å²) in [5.74, 6) is -0.132. The highest BCUT2D eigenvalue weighted by molar-refractivity contribution is 6.31. The largest absolute Gasteiger partial charge is 0.349 e. The minimum absolute atomic E-state index is 0.0818. The summed E-state index contributed by atoms with van der Waals surface area (Å²) in [4.78, 5) is 25.4. The summed E-state index contributed by atoms with van der Waals surface area (Å²) < 4.78 is 0. The van der Waals surface area contributed by atoms with Gasteiger partial charge in [0, 0.05) is 36.8 Å². The van der Waals surface area contributed by atoms with Crippen LogP contribution in [0.5, 0.6) is 0 Å². The third-order valence-electron chi connectivity index (χ3n) is 3.40. The summed E-state index contributed by atoms with van der Waals surface area (Å²) >= 11 is 5.90. The van der Waals surface area contributed by atoms with Crippen molar-refractivity contribution < 1.29 is 9.59 Å². The molecule has 2 rings (SSSR count). The van der Waals surface area contributed by atoms with E-state index in [4.69, 9.17) is 11.6 Å². The highest BCUT2D eigenvalue weighted by atomic mass is 35.5. The number of anilines is 1. The molecule has 0 fully saturated rings. The molecular weight excluding hydrogens is 312 g/mol. The minimum atomic E-state index is -0.214. The lowest BCUT2D eigenvalue weighted by molar-refractivity contribution is -0.128. The van der Waals surface area contributed by atoms with E-state index in [0.717, 1.165) is 5.56 Å². The van der Waals surface area contributed by atoms with Crippen molar-refractivity contribution in [2.75, 3.05) is 19.4 Å². The Morgan fingerprint density at radius 2 is 1.83 bits per heavy atom. The molecule has 0 aliphatic rings. The Morgan fingerprint density at radius 3 is 2.52 bits per heavy atom. The fourth-order valence-electron chi connectivity index (χ4n) is 2.11. The van der Waals surface area contributed by atoms with E-state index in [-0.39, 0.29) is 11.8 Å². The molecule has 0 aromatic heterocycles. The molecular formula is C18H19ClN2O2. The van der Waals surface area contributed by atoms with Crippen molar-refractivity contribution in [1.82, 2.24) is 4.90 Å². The Morgan fingerprint density at radius 1 is 1.09 bits per heavy atom. The number of carbonyl (C=O) groups is 2. The van der Waals surface area contributed by atoms with Crippen LogP contribution in [0.3, 0.4) is 0 Å². The van der Waals surface area contributed by atoms with Gasteiger partial charge in [0.15, 0.2) is 0 Å². The van der Waals surface area contributed by atoms with Crippen molar-refractivity contribution in [3.8, 4) is 0 Å². The predicted octanol–water partition coefficient (Wildman–Crippen LogP) is 3.61. The molecule has 2 aromatic rings. The molecule has 120 valence electrons. The molecule has 0 bridgehead atoms. The van der Waals surface area contributed by atoms with Gasteiger partial charge in [-0.1, -0.05) is 29.8 Å². The van der Waals surface area contributed by atoms with E-state index < -0.39 is 0 Å². The average Bonchev–Trinajstić information content (AvgIpc) is 2.52. The zero-order valence-corrected chi connectivity index (χ0v) is 13.9. The third-order valence-corrected chi connectivity index (χ3v) is 3.63. The van der Waals surface area contributed by atoms with E-state index in [1.54, 1.807) is 43.3 Å². The number of rotatable bonds is 5. The summed E-state index contributed by atoms with van der Waals surface area (Å²) in [5.41, 5.74) is 2.21. The molecule has 0 radical (unpaired) electrons. The molecule has 0 atom stereocenters. The number of carbonyl (C=O) groups excluding carboxylic acids is 2. The molecule has 2 amide bonds. The first kappa shape index (κ1) is 17.0. The van der Waals surface area contributed by atoms with E-state index in [0.29, 0.717) is 29.1 Å². The monoisotopic (exact) mass is 330 g/mol. The molecule has 4 nitrogen and oxygen atoms in total. The lowest BCUT2D eigenvalue weighted by atomic mass is 10.1. The van der Waals surface area contributed by atoms with Crippen molar-refractivity contribution in [2.24, 2.45) is 0 Å². The molecule has 0 unspecified atom stereocenters. The molecule has 5 heteroatoms. The number of halogens is 1. The van der Waals surface area contributed by atoms with Crippen LogP contribution in [-0.2, 0) is 11.2 Å². The minimum Gasteiger partial charge on any atom is -0.349 e. The van der Waals surface area contributed by atoms with E-state index in [1.807, 2.05) is 24.3 Å². The molecule has 1 N–H and O–H groups in total. The van der Waals surface area contributed by atoms with Gasteiger partial charge < -0.3 is 10.2 Å². The molecule has 0 heterocycles. The first-order valence-electron chi connectivity index (χ1n) is 7.32. The number of hydrogen-bond donors (Lipinski definition) is 1. The molecule has 2 aromatic carbocycles. The zero-order valence-electron chi connectivity index (χ0n) is 13.2. The Labute approximate surface area is 141 Å². The third kappa shape index (κ3) is 5.11. The Hall–Kier alpha value is -2.33. The maximum atomic E-state index is 12.2. The van der Waals surface area contributed by atoms with E-state index >= 15 is 0 Å². The maximum absolute atomic E-state index is 12.2. The van der Waals surface area contributed by atoms with Gasteiger partial charge in [-0.25, -0.2) is 0 Å². The summed E-state index contributed by atoms with van der Waals surface area (Å²) in [6.07, 6.45) is 1.08. The smallest absolute Gasteiger partial charge is 0.255 e. The number of hydrogen-bond acceptors (Lipinski definition) is 2. The quantitative estimate of drug-likeness (QED) is 0.910. The standard InChI is InChI=1S/C18H19ClN2O2/c1-21(2)17(22)10-9-13-5-3-8-16(11-13)20-18(23)14-6-4-7-15(19)12-14/h3-8,11-12H,9-10H2,1-2H3,(H,20,23). The Kier molecular flexibility index (Phi) is 5.77. The number of aryl methyl sites for hydroxylation is 1. The Balaban J connectivity index is 2.02. The van der Waals surface area contributed by atoms with Crippen molar-refractivity contribution in [3.63, 3.8) is 0 Å². The van der Waals surface area contributed by atoms with Crippen LogP contribution in [0.2, 0.25) is 5.02 Å². The van der Waals surface area contributed by atoms with Gasteiger partial charge in [-0.05, 0) is 42.3 Å². The summed E-state index contributed by atoms with van der Waals surface area (Å²) in [6, 6.07) is 14.3. The van der Waals surface area contributed by atoms with Gasteiger partial charge in [-0.3, -0.25) is 9.59 Å². The second kappa shape index (κ2) is 7.79. The van der Waals surface area contributed by atoms with Crippen molar-refractivity contribution in [2.45, 2.75) is 12.8 Å². The normalized spacial score (nSPS) is 10.2. The van der Waals surface area contributed by atoms with Crippen LogP contribution in [0.25, 0.3) is 0 Å². The summed E-state index contributed by atoms with van der Waals surface area (Å²) in [5, 5.41) is 3.37. The summed E-state index contributed by atoms with van der Waals surface area (Å²) in [6.45, 7) is 0. The molecule has 0 aliphatic carbocycles. The van der Waals surface area contributed by atoms with E-state index in [1.165, 1.54) is 0 Å². The van der Waals surface area contributed by atoms with Crippen LogP contribution >= 0.6 is 11.6 Å². The number of nitrogens with zero attached hydrogens (tertiary/aromatic N) is 1. The Bertz CT molecular complexity index is 714. The van der Waals surface area contributed by atoms with Crippen LogP contribution in [0.1, 0.15) is 22.3 Å². The highest BCUT2D eigenvalue weighted by Gasteiger charge is 2.08. The highest BCUT2D eigenvalue weighted by Crippen LogP contribution is 2.16. The lowest BCUT2D eigenvalue weighted by Gasteiger charge is -2.11. The van der Waals surface area contributed by atoms with Crippen LogP contribution < -0.4 is 5.32 Å². The number of amides is 2. The van der Waals surface area contributed by atoms with Gasteiger partial charge in [-0.15, -0.1) is 0 Å². The van der Waals surface area contributed by atoms with Gasteiger partial charge in [-0.2, -0.15) is 0 Å². The first-order valence-corrected chi connectivity index (χ1v) is 7.69. The van der Waals surface area contributed by atoms with Gasteiger partial charge in [0.2, 0.25) is 5.91 Å². The van der Waals surface area contributed by atoms with Crippen molar-refractivity contribution in [1.29, 1.82) is 0 Å². The van der Waals surface area contributed by atoms with E-state index in [2.05, 4.69) is 5.32 Å². The van der Waals surface area contributed by atoms with Gasteiger partial charge in [0.1, 0.15) is 0 Å². The van der Waals surface area contributed by atoms with E-state index in [9.17, 15) is 9.59 Å². The molecule has 0 saturated heterocycles. The fourth-order valence-corrected chi connectivity index (χ4v) is 2.30. The first-order chi connectivity index (χ1) is 11.0. The fraction of sp³-hybridized carbons (Fsp3) is 0.222. The topological polar surface area (TPSA) is 49.4 Å². The van der Waals surface area contributed by atoms with Crippen LogP contribution in [0.15, 0.2) is 48.5 Å². The summed E-state index contributed by atoms with van der Waals surface area (Å²) in [7, 11) is 3.48. The van der Waals surface area contributed by atoms with Crippen LogP contribution in [0.4, 0.5) is 5.69 Å². The van der Waals surface area contributed by atoms with Crippen LogP contribution in [0, 0.1) is 0 Å². The van der Waals surface area contributed by atoms with Gasteiger partial charge >= 0.3 is 0 Å². The molecule has 0 aliphatic heterocycles. The van der Waals surface area contributed by atoms with Gasteiger partial charge in [0.25, 0.3) is 5.91 Å².